The molecule has 9 nitrogen and oxygen atoms in total. The van der Waals surface area contributed by atoms with Crippen LogP contribution in [0.1, 0.15) is 10.5 Å². The molecule has 2 aromatic carbocycles. The van der Waals surface area contributed by atoms with Gasteiger partial charge in [0.2, 0.25) is 5.69 Å². The topological polar surface area (TPSA) is 107 Å². The SMILES string of the molecule is COc1ccc(-[n+]2[nH]oc(=O)c2C(=O)Nc2ccc(OC)cc2OC)cc1. The van der Waals surface area contributed by atoms with Crippen molar-refractivity contribution in [3.05, 3.63) is 58.6 Å². The Balaban J connectivity index is 1.94. The number of H-pyrrole nitrogens is 1. The third-order valence-corrected chi connectivity index (χ3v) is 3.85. The highest BCUT2D eigenvalue weighted by molar-refractivity contribution is 6.02. The standard InChI is InChI=1S/C18H17N3O6/c1-24-12-6-4-11(5-7-12)21-16(18(23)27-20-21)17(22)19-14-9-8-13(25-2)10-15(14)26-3/h4-10H,1-3H3,(H-,19,20,22,23)/p+1. The van der Waals surface area contributed by atoms with Crippen molar-refractivity contribution < 1.29 is 28.2 Å². The number of hydrogen-bond acceptors (Lipinski definition) is 6. The van der Waals surface area contributed by atoms with E-state index in [1.54, 1.807) is 49.6 Å². The van der Waals surface area contributed by atoms with E-state index in [1.807, 2.05) is 0 Å². The summed E-state index contributed by atoms with van der Waals surface area (Å²) in [4.78, 5) is 24.8. The number of rotatable bonds is 6. The number of benzene rings is 2. The molecule has 2 N–H and O–H groups in total. The normalized spacial score (nSPS) is 10.3. The number of nitrogens with one attached hydrogen (secondary N) is 2. The zero-order chi connectivity index (χ0) is 19.4. The lowest BCUT2D eigenvalue weighted by atomic mass is 10.2. The van der Waals surface area contributed by atoms with Gasteiger partial charge in [-0.2, -0.15) is 0 Å². The molecule has 0 aliphatic heterocycles. The Morgan fingerprint density at radius 2 is 1.67 bits per heavy atom. The maximum atomic E-state index is 12.7. The first-order valence-electron chi connectivity index (χ1n) is 7.88. The second-order valence-corrected chi connectivity index (χ2v) is 5.38. The van der Waals surface area contributed by atoms with Gasteiger partial charge in [0, 0.05) is 18.2 Å². The van der Waals surface area contributed by atoms with Gasteiger partial charge in [0.15, 0.2) is 0 Å². The Morgan fingerprint density at radius 1 is 1.00 bits per heavy atom. The van der Waals surface area contributed by atoms with Crippen molar-refractivity contribution in [2.45, 2.75) is 0 Å². The van der Waals surface area contributed by atoms with E-state index >= 15 is 0 Å². The monoisotopic (exact) mass is 372 g/mol. The number of amides is 1. The Hall–Kier alpha value is -3.75. The predicted octanol–water partition coefficient (Wildman–Crippen LogP) is 1.52. The van der Waals surface area contributed by atoms with Gasteiger partial charge in [0.05, 0.1) is 27.0 Å². The summed E-state index contributed by atoms with van der Waals surface area (Å²) in [7, 11) is 4.53. The highest BCUT2D eigenvalue weighted by atomic mass is 16.5. The molecular weight excluding hydrogens is 354 g/mol. The molecule has 0 aliphatic rings. The Bertz CT molecular complexity index is 1010. The minimum Gasteiger partial charge on any atom is -0.497 e. The molecule has 1 heterocycles. The van der Waals surface area contributed by atoms with Gasteiger partial charge in [-0.05, 0) is 34.2 Å². The second kappa shape index (κ2) is 7.65. The molecule has 0 saturated heterocycles. The molecule has 27 heavy (non-hydrogen) atoms. The summed E-state index contributed by atoms with van der Waals surface area (Å²) in [6.45, 7) is 0. The molecular formula is C18H18N3O6+. The van der Waals surface area contributed by atoms with Gasteiger partial charge in [-0.3, -0.25) is 9.32 Å². The van der Waals surface area contributed by atoms with Crippen LogP contribution in [0.25, 0.3) is 5.69 Å². The summed E-state index contributed by atoms with van der Waals surface area (Å²) in [6.07, 6.45) is 0. The van der Waals surface area contributed by atoms with E-state index < -0.39 is 11.5 Å². The lowest BCUT2D eigenvalue weighted by molar-refractivity contribution is -0.672. The number of nitrogens with zero attached hydrogens (tertiary/aromatic N) is 1. The van der Waals surface area contributed by atoms with Crippen molar-refractivity contribution in [2.75, 3.05) is 26.6 Å². The van der Waals surface area contributed by atoms with E-state index in [4.69, 9.17) is 18.7 Å². The van der Waals surface area contributed by atoms with Crippen LogP contribution in [0.3, 0.4) is 0 Å². The average Bonchev–Trinajstić information content (AvgIpc) is 3.09. The van der Waals surface area contributed by atoms with Crippen LogP contribution < -0.4 is 29.8 Å². The molecule has 0 aliphatic carbocycles. The largest absolute Gasteiger partial charge is 0.497 e. The first-order chi connectivity index (χ1) is 13.1. The van der Waals surface area contributed by atoms with E-state index in [2.05, 4.69) is 10.6 Å². The van der Waals surface area contributed by atoms with Crippen molar-refractivity contribution in [1.82, 2.24) is 5.27 Å². The first kappa shape index (κ1) is 18.1. The van der Waals surface area contributed by atoms with E-state index in [0.717, 1.165) is 0 Å². The summed E-state index contributed by atoms with van der Waals surface area (Å²) >= 11 is 0. The number of anilines is 1. The van der Waals surface area contributed by atoms with E-state index in [9.17, 15) is 9.59 Å². The van der Waals surface area contributed by atoms with Crippen molar-refractivity contribution in [2.24, 2.45) is 0 Å². The summed E-state index contributed by atoms with van der Waals surface area (Å²) in [5, 5.41) is 5.06. The smallest absolute Gasteiger partial charge is 0.441 e. The average molecular weight is 372 g/mol. The van der Waals surface area contributed by atoms with Crippen LogP contribution in [0, 0.1) is 0 Å². The molecule has 3 rings (SSSR count). The zero-order valence-corrected chi connectivity index (χ0v) is 14.9. The van der Waals surface area contributed by atoms with E-state index in [0.29, 0.717) is 28.6 Å². The van der Waals surface area contributed by atoms with Crippen LogP contribution in [0.15, 0.2) is 51.8 Å². The Labute approximate surface area is 154 Å². The molecule has 1 amide bonds. The fourth-order valence-corrected chi connectivity index (χ4v) is 2.46. The fourth-order valence-electron chi connectivity index (χ4n) is 2.46. The third kappa shape index (κ3) is 3.61. The summed E-state index contributed by atoms with van der Waals surface area (Å²) in [5.41, 5.74) is -0.132. The molecule has 1 aromatic heterocycles. The number of ether oxygens (including phenoxy) is 3. The maximum Gasteiger partial charge on any atom is 0.441 e. The number of carbonyl (C=O) groups excluding carboxylic acids is 1. The van der Waals surface area contributed by atoms with Gasteiger partial charge in [0.25, 0.3) is 0 Å². The molecule has 9 heteroatoms. The van der Waals surface area contributed by atoms with Crippen LogP contribution >= 0.6 is 0 Å². The number of carbonyl (C=O) groups is 1. The molecule has 0 spiro atoms. The van der Waals surface area contributed by atoms with Crippen LogP contribution in [-0.2, 0) is 0 Å². The third-order valence-electron chi connectivity index (χ3n) is 3.85. The first-order valence-corrected chi connectivity index (χ1v) is 7.88. The molecule has 0 atom stereocenters. The lowest BCUT2D eigenvalue weighted by Crippen LogP contribution is -2.42. The van der Waals surface area contributed by atoms with Crippen LogP contribution in [0.2, 0.25) is 0 Å². The second-order valence-electron chi connectivity index (χ2n) is 5.38. The Kier molecular flexibility index (Phi) is 5.11. The summed E-state index contributed by atoms with van der Waals surface area (Å²) in [5.74, 6) is 0.932. The predicted molar refractivity (Wildman–Crippen MR) is 94.9 cm³/mol. The van der Waals surface area contributed by atoms with Crippen molar-refractivity contribution in [3.8, 4) is 22.9 Å². The highest BCUT2D eigenvalue weighted by Crippen LogP contribution is 2.29. The molecule has 0 bridgehead atoms. The van der Waals surface area contributed by atoms with Gasteiger partial charge in [-0.1, -0.05) is 0 Å². The van der Waals surface area contributed by atoms with Gasteiger partial charge in [-0.15, -0.1) is 0 Å². The molecule has 0 fully saturated rings. The van der Waals surface area contributed by atoms with Crippen molar-refractivity contribution in [3.63, 3.8) is 0 Å². The fraction of sp³-hybridized carbons (Fsp3) is 0.167. The van der Waals surface area contributed by atoms with Gasteiger partial charge < -0.3 is 19.5 Å². The zero-order valence-electron chi connectivity index (χ0n) is 14.9. The van der Waals surface area contributed by atoms with Gasteiger partial charge in [0.1, 0.15) is 17.2 Å². The summed E-state index contributed by atoms with van der Waals surface area (Å²) < 4.78 is 21.5. The van der Waals surface area contributed by atoms with Gasteiger partial charge in [-0.25, -0.2) is 4.79 Å². The van der Waals surface area contributed by atoms with Crippen molar-refractivity contribution in [1.29, 1.82) is 0 Å². The van der Waals surface area contributed by atoms with Crippen LogP contribution in [0.5, 0.6) is 17.2 Å². The van der Waals surface area contributed by atoms with Crippen LogP contribution in [0.4, 0.5) is 5.69 Å². The molecule has 140 valence electrons. The number of aromatic nitrogens is 2. The van der Waals surface area contributed by atoms with Crippen molar-refractivity contribution >= 4 is 11.6 Å². The minimum absolute atomic E-state index is 0.224. The molecule has 0 radical (unpaired) electrons. The Morgan fingerprint density at radius 3 is 2.30 bits per heavy atom. The molecule has 0 unspecified atom stereocenters. The number of hydrogen-bond donors (Lipinski definition) is 2. The quantitative estimate of drug-likeness (QED) is 0.636. The van der Waals surface area contributed by atoms with E-state index in [-0.39, 0.29) is 5.69 Å². The minimum atomic E-state index is -0.809. The van der Waals surface area contributed by atoms with Gasteiger partial charge >= 0.3 is 17.2 Å². The number of aromatic amines is 1. The van der Waals surface area contributed by atoms with E-state index in [1.165, 1.54) is 18.9 Å². The molecule has 0 saturated carbocycles. The maximum absolute atomic E-state index is 12.7. The summed E-state index contributed by atoms with van der Waals surface area (Å²) in [6, 6.07) is 11.6. The highest BCUT2D eigenvalue weighted by Gasteiger charge is 2.31. The van der Waals surface area contributed by atoms with Crippen LogP contribution in [-0.4, -0.2) is 32.5 Å². The number of methoxy groups -OCH3 is 3. The molecule has 3 aromatic rings. The lowest BCUT2D eigenvalue weighted by Gasteiger charge is -2.10.